The van der Waals surface area contributed by atoms with Gasteiger partial charge in [-0.3, -0.25) is 29.5 Å². The molecular weight excluding hydrogens is 400 g/mol. The molecule has 1 aliphatic rings. The number of rotatable bonds is 1. The van der Waals surface area contributed by atoms with Crippen LogP contribution in [0.4, 0.5) is 11.6 Å². The summed E-state index contributed by atoms with van der Waals surface area (Å²) in [6.45, 7) is 0. The minimum Gasteiger partial charge on any atom is -0.327 e. The fourth-order valence-corrected chi connectivity index (χ4v) is 3.94. The zero-order valence-corrected chi connectivity index (χ0v) is 15.2. The zero-order valence-electron chi connectivity index (χ0n) is 14.4. The Kier molecular flexibility index (Phi) is 3.58. The first kappa shape index (κ1) is 17.2. The second-order valence-corrected chi connectivity index (χ2v) is 6.89. The number of aromatic nitrogens is 5. The minimum absolute atomic E-state index is 0.0783. The summed E-state index contributed by atoms with van der Waals surface area (Å²) in [7, 11) is 0. The van der Waals surface area contributed by atoms with E-state index in [1.807, 2.05) is 0 Å². The molecule has 144 valence electrons. The molecule has 4 aromatic rings. The van der Waals surface area contributed by atoms with Crippen LogP contribution in [-0.4, -0.2) is 24.9 Å². The van der Waals surface area contributed by atoms with Gasteiger partial charge in [-0.25, -0.2) is 14.6 Å². The van der Waals surface area contributed by atoms with Crippen LogP contribution in [0.1, 0.15) is 22.6 Å². The topological polar surface area (TPSA) is 156 Å². The highest BCUT2D eigenvalue weighted by Gasteiger charge is 2.35. The summed E-state index contributed by atoms with van der Waals surface area (Å²) < 4.78 is 0. The van der Waals surface area contributed by atoms with Gasteiger partial charge < -0.3 is 5.32 Å². The Morgan fingerprint density at radius 2 is 1.41 bits per heavy atom. The number of para-hydroxylation sites is 1. The molecule has 5 rings (SSSR count). The van der Waals surface area contributed by atoms with E-state index in [1.54, 1.807) is 30.3 Å². The summed E-state index contributed by atoms with van der Waals surface area (Å²) in [6.07, 6.45) is 0. The Balaban J connectivity index is 1.97. The van der Waals surface area contributed by atoms with E-state index in [4.69, 9.17) is 11.6 Å². The van der Waals surface area contributed by atoms with Gasteiger partial charge in [-0.05, 0) is 17.7 Å². The Morgan fingerprint density at radius 3 is 2.03 bits per heavy atom. The predicted molar refractivity (Wildman–Crippen MR) is 106 cm³/mol. The van der Waals surface area contributed by atoms with E-state index in [1.165, 1.54) is 0 Å². The van der Waals surface area contributed by atoms with Crippen LogP contribution in [0.5, 0.6) is 0 Å². The highest BCUT2D eigenvalue weighted by molar-refractivity contribution is 6.30. The SMILES string of the molecule is O=c1[nH]c2c(c(=O)[nH]1)C(c1cc(Cl)nc3ccccc13)c1c([nH]c(=O)[nH]c1=O)N2. The third-order valence-corrected chi connectivity index (χ3v) is 5.01. The molecule has 10 nitrogen and oxygen atoms in total. The average molecular weight is 411 g/mol. The Labute approximate surface area is 164 Å². The van der Waals surface area contributed by atoms with Crippen molar-refractivity contribution in [2.75, 3.05) is 5.32 Å². The molecule has 0 fully saturated rings. The third-order valence-electron chi connectivity index (χ3n) is 4.81. The number of hydrogen-bond donors (Lipinski definition) is 5. The predicted octanol–water partition coefficient (Wildman–Crippen LogP) is 0.879. The number of nitrogens with zero attached hydrogens (tertiary/aromatic N) is 1. The molecule has 0 amide bonds. The highest BCUT2D eigenvalue weighted by Crippen LogP contribution is 2.41. The lowest BCUT2D eigenvalue weighted by Gasteiger charge is -2.27. The maximum Gasteiger partial charge on any atom is 0.327 e. The Morgan fingerprint density at radius 1 is 0.828 bits per heavy atom. The molecule has 4 heterocycles. The smallest absolute Gasteiger partial charge is 0.327 e. The molecule has 0 spiro atoms. The molecule has 0 radical (unpaired) electrons. The molecule has 1 aliphatic heterocycles. The normalized spacial score (nSPS) is 13.0. The molecule has 0 saturated heterocycles. The van der Waals surface area contributed by atoms with Crippen molar-refractivity contribution in [1.29, 1.82) is 0 Å². The van der Waals surface area contributed by atoms with Gasteiger partial charge in [0.25, 0.3) is 11.1 Å². The van der Waals surface area contributed by atoms with Crippen LogP contribution in [0.3, 0.4) is 0 Å². The number of fused-ring (bicyclic) bond motifs is 3. The van der Waals surface area contributed by atoms with Crippen molar-refractivity contribution >= 4 is 34.1 Å². The van der Waals surface area contributed by atoms with E-state index in [9.17, 15) is 19.2 Å². The van der Waals surface area contributed by atoms with Crippen LogP contribution in [-0.2, 0) is 0 Å². The molecule has 0 atom stereocenters. The Bertz CT molecular complexity index is 1470. The molecular formula is C18H11ClN6O4. The lowest BCUT2D eigenvalue weighted by Crippen LogP contribution is -2.37. The average Bonchev–Trinajstić information content (AvgIpc) is 2.65. The van der Waals surface area contributed by atoms with E-state index >= 15 is 0 Å². The largest absolute Gasteiger partial charge is 0.327 e. The van der Waals surface area contributed by atoms with Crippen LogP contribution in [0.15, 0.2) is 49.5 Å². The van der Waals surface area contributed by atoms with Gasteiger partial charge in [0.1, 0.15) is 16.8 Å². The van der Waals surface area contributed by atoms with Crippen LogP contribution < -0.4 is 27.8 Å². The lowest BCUT2D eigenvalue weighted by atomic mass is 9.83. The summed E-state index contributed by atoms with van der Waals surface area (Å²) in [6, 6.07) is 8.67. The summed E-state index contributed by atoms with van der Waals surface area (Å²) in [5.41, 5.74) is -1.48. The van der Waals surface area contributed by atoms with E-state index in [2.05, 4.69) is 30.2 Å². The van der Waals surface area contributed by atoms with Crippen molar-refractivity contribution in [3.8, 4) is 0 Å². The number of halogens is 1. The number of pyridine rings is 1. The number of nitrogens with one attached hydrogen (secondary N) is 5. The fourth-order valence-electron chi connectivity index (χ4n) is 3.73. The monoisotopic (exact) mass is 410 g/mol. The van der Waals surface area contributed by atoms with Crippen molar-refractivity contribution in [3.63, 3.8) is 0 Å². The van der Waals surface area contributed by atoms with Crippen molar-refractivity contribution in [1.82, 2.24) is 24.9 Å². The van der Waals surface area contributed by atoms with E-state index < -0.39 is 28.4 Å². The number of hydrogen-bond acceptors (Lipinski definition) is 6. The van der Waals surface area contributed by atoms with Crippen LogP contribution in [0.2, 0.25) is 5.15 Å². The molecule has 11 heteroatoms. The van der Waals surface area contributed by atoms with Gasteiger partial charge in [-0.15, -0.1) is 0 Å². The van der Waals surface area contributed by atoms with Gasteiger partial charge in [0.2, 0.25) is 0 Å². The van der Waals surface area contributed by atoms with Gasteiger partial charge in [0, 0.05) is 5.39 Å². The van der Waals surface area contributed by atoms with E-state index in [0.29, 0.717) is 16.5 Å². The molecule has 29 heavy (non-hydrogen) atoms. The summed E-state index contributed by atoms with van der Waals surface area (Å²) in [5.74, 6) is -0.767. The van der Waals surface area contributed by atoms with Gasteiger partial charge in [0.15, 0.2) is 0 Å². The highest BCUT2D eigenvalue weighted by atomic mass is 35.5. The molecule has 0 bridgehead atoms. The van der Waals surface area contributed by atoms with Gasteiger partial charge in [0.05, 0.1) is 22.6 Å². The molecule has 0 unspecified atom stereocenters. The quantitative estimate of drug-likeness (QED) is 0.258. The van der Waals surface area contributed by atoms with Crippen molar-refractivity contribution < 1.29 is 0 Å². The standard InChI is InChI=1S/C18H11ClN6O4/c19-9-5-7(6-3-1-2-4-8(6)20-9)10-11-13(22-17(28)24-15(11)26)21-14-12(10)16(27)25-18(29)23-14/h1-5,10H,(H5,21,22,23,24,25,26,27,28,29). The number of aromatic amines is 4. The lowest BCUT2D eigenvalue weighted by molar-refractivity contribution is 0.848. The van der Waals surface area contributed by atoms with Crippen molar-refractivity contribution in [2.24, 2.45) is 0 Å². The molecule has 0 saturated carbocycles. The minimum atomic E-state index is -0.923. The van der Waals surface area contributed by atoms with Gasteiger partial charge in [-0.1, -0.05) is 29.8 Å². The maximum absolute atomic E-state index is 12.7. The van der Waals surface area contributed by atoms with Crippen molar-refractivity contribution in [3.05, 3.63) is 93.9 Å². The fraction of sp³-hybridized carbons (Fsp3) is 0.0556. The van der Waals surface area contributed by atoms with Crippen LogP contribution in [0.25, 0.3) is 10.9 Å². The van der Waals surface area contributed by atoms with E-state index in [0.717, 1.165) is 0 Å². The maximum atomic E-state index is 12.7. The zero-order chi connectivity index (χ0) is 20.3. The number of anilines is 2. The first-order valence-electron chi connectivity index (χ1n) is 8.47. The second-order valence-electron chi connectivity index (χ2n) is 6.50. The van der Waals surface area contributed by atoms with Crippen LogP contribution in [0, 0.1) is 0 Å². The summed E-state index contributed by atoms with van der Waals surface area (Å²) >= 11 is 6.21. The van der Waals surface area contributed by atoms with Crippen molar-refractivity contribution in [2.45, 2.75) is 5.92 Å². The first-order valence-corrected chi connectivity index (χ1v) is 8.85. The van der Waals surface area contributed by atoms with Crippen LogP contribution >= 0.6 is 11.6 Å². The van der Waals surface area contributed by atoms with Gasteiger partial charge >= 0.3 is 11.4 Å². The third kappa shape index (κ3) is 2.61. The number of benzene rings is 1. The summed E-state index contributed by atoms with van der Waals surface area (Å²) in [5, 5.41) is 3.60. The second kappa shape index (κ2) is 6.04. The molecule has 3 aromatic heterocycles. The molecule has 5 N–H and O–H groups in total. The summed E-state index contributed by atoms with van der Waals surface area (Å²) in [4.78, 5) is 62.7. The van der Waals surface area contributed by atoms with E-state index in [-0.39, 0.29) is 27.9 Å². The Hall–Kier alpha value is -3.92. The van der Waals surface area contributed by atoms with Gasteiger partial charge in [-0.2, -0.15) is 0 Å². The first-order chi connectivity index (χ1) is 13.9. The molecule has 0 aliphatic carbocycles. The number of H-pyrrole nitrogens is 4. The molecule has 1 aromatic carbocycles.